The largest absolute Gasteiger partial charge is 0.484 e. The Morgan fingerprint density at radius 1 is 1.17 bits per heavy atom. The van der Waals surface area contributed by atoms with Gasteiger partial charge in [-0.3, -0.25) is 4.79 Å². The van der Waals surface area contributed by atoms with Gasteiger partial charge in [-0.25, -0.2) is 0 Å². The fourth-order valence-electron chi connectivity index (χ4n) is 2.46. The molecule has 3 N–H and O–H groups in total. The minimum absolute atomic E-state index is 0. The van der Waals surface area contributed by atoms with E-state index in [4.69, 9.17) is 10.5 Å². The van der Waals surface area contributed by atoms with E-state index in [1.165, 1.54) is 0 Å². The maximum atomic E-state index is 11.9. The van der Waals surface area contributed by atoms with E-state index in [9.17, 15) is 4.79 Å². The van der Waals surface area contributed by atoms with Gasteiger partial charge in [0, 0.05) is 12.6 Å². The number of rotatable bonds is 7. The second kappa shape index (κ2) is 9.38. The predicted molar refractivity (Wildman–Crippen MR) is 97.1 cm³/mol. The zero-order valence-corrected chi connectivity index (χ0v) is 14.4. The number of ether oxygens (including phenoxy) is 1. The average molecular weight is 337 g/mol. The summed E-state index contributed by atoms with van der Waals surface area (Å²) in [6, 6.07) is 13.9. The maximum Gasteiger partial charge on any atom is 0.258 e. The lowest BCUT2D eigenvalue weighted by molar-refractivity contribution is -0.123. The van der Waals surface area contributed by atoms with Crippen LogP contribution in [0.1, 0.15) is 20.3 Å². The summed E-state index contributed by atoms with van der Waals surface area (Å²) >= 11 is 0. The zero-order chi connectivity index (χ0) is 15.9. The molecule has 0 saturated carbocycles. The van der Waals surface area contributed by atoms with Crippen molar-refractivity contribution in [1.29, 1.82) is 0 Å². The van der Waals surface area contributed by atoms with E-state index in [2.05, 4.69) is 19.2 Å². The van der Waals surface area contributed by atoms with Gasteiger partial charge in [0.15, 0.2) is 6.61 Å². The van der Waals surface area contributed by atoms with Gasteiger partial charge in [0.1, 0.15) is 5.75 Å². The minimum atomic E-state index is -0.135. The molecule has 23 heavy (non-hydrogen) atoms. The molecule has 0 heterocycles. The Hall–Kier alpha value is -1.78. The van der Waals surface area contributed by atoms with Crippen LogP contribution in [0.2, 0.25) is 0 Å². The summed E-state index contributed by atoms with van der Waals surface area (Å²) in [6.07, 6.45) is 0.873. The molecule has 0 saturated heterocycles. The van der Waals surface area contributed by atoms with Crippen molar-refractivity contribution < 1.29 is 9.53 Å². The number of nitrogens with two attached hydrogens (primary N) is 1. The molecule has 0 aliphatic carbocycles. The molecule has 4 nitrogen and oxygen atoms in total. The van der Waals surface area contributed by atoms with Gasteiger partial charge in [0.25, 0.3) is 5.91 Å². The molecule has 0 bridgehead atoms. The third-order valence-corrected chi connectivity index (χ3v) is 3.50. The van der Waals surface area contributed by atoms with Crippen molar-refractivity contribution in [3.05, 3.63) is 42.5 Å². The Bertz CT molecular complexity index is 631. The van der Waals surface area contributed by atoms with Gasteiger partial charge in [0.05, 0.1) is 0 Å². The van der Waals surface area contributed by atoms with Gasteiger partial charge in [-0.1, -0.05) is 44.2 Å². The molecular formula is C18H25ClN2O2. The summed E-state index contributed by atoms with van der Waals surface area (Å²) in [5.41, 5.74) is 5.68. The number of amides is 1. The smallest absolute Gasteiger partial charge is 0.258 e. The van der Waals surface area contributed by atoms with Crippen molar-refractivity contribution in [3.8, 4) is 5.75 Å². The van der Waals surface area contributed by atoms with Gasteiger partial charge in [-0.15, -0.1) is 12.4 Å². The highest BCUT2D eigenvalue weighted by Crippen LogP contribution is 2.20. The molecule has 0 spiro atoms. The van der Waals surface area contributed by atoms with Crippen LogP contribution in [0, 0.1) is 5.92 Å². The zero-order valence-electron chi connectivity index (χ0n) is 13.6. The summed E-state index contributed by atoms with van der Waals surface area (Å²) in [6.45, 7) is 4.67. The number of hydrogen-bond donors (Lipinski definition) is 2. The topological polar surface area (TPSA) is 64.3 Å². The monoisotopic (exact) mass is 336 g/mol. The highest BCUT2D eigenvalue weighted by molar-refractivity contribution is 5.85. The van der Waals surface area contributed by atoms with Gasteiger partial charge in [-0.05, 0) is 35.2 Å². The Morgan fingerprint density at radius 2 is 1.87 bits per heavy atom. The lowest BCUT2D eigenvalue weighted by Gasteiger charge is -2.18. The molecular weight excluding hydrogens is 312 g/mol. The highest BCUT2D eigenvalue weighted by atomic mass is 35.5. The highest BCUT2D eigenvalue weighted by Gasteiger charge is 2.12. The number of carbonyl (C=O) groups is 1. The van der Waals surface area contributed by atoms with Crippen LogP contribution in [0.15, 0.2) is 42.5 Å². The van der Waals surface area contributed by atoms with Crippen LogP contribution in [0.3, 0.4) is 0 Å². The summed E-state index contributed by atoms with van der Waals surface area (Å²) < 4.78 is 5.57. The molecule has 0 aromatic heterocycles. The number of benzene rings is 2. The summed E-state index contributed by atoms with van der Waals surface area (Å²) in [5.74, 6) is 1.06. The third-order valence-electron chi connectivity index (χ3n) is 3.50. The first-order chi connectivity index (χ1) is 10.6. The van der Waals surface area contributed by atoms with Crippen molar-refractivity contribution in [3.63, 3.8) is 0 Å². The lowest BCUT2D eigenvalue weighted by Crippen LogP contribution is -2.43. The van der Waals surface area contributed by atoms with Crippen molar-refractivity contribution in [2.24, 2.45) is 11.7 Å². The fraction of sp³-hybridized carbons (Fsp3) is 0.389. The Labute approximate surface area is 143 Å². The Morgan fingerprint density at radius 3 is 2.52 bits per heavy atom. The van der Waals surface area contributed by atoms with Crippen LogP contribution in [0.4, 0.5) is 0 Å². The van der Waals surface area contributed by atoms with E-state index in [1.54, 1.807) is 0 Å². The van der Waals surface area contributed by atoms with Crippen molar-refractivity contribution >= 4 is 29.1 Å². The van der Waals surface area contributed by atoms with Crippen molar-refractivity contribution in [2.45, 2.75) is 26.3 Å². The van der Waals surface area contributed by atoms with E-state index in [1.807, 2.05) is 42.5 Å². The average Bonchev–Trinajstić information content (AvgIpc) is 2.51. The SMILES string of the molecule is CC(C)CC(CN)NC(=O)COc1ccc2ccccc2c1.Cl. The molecule has 0 aliphatic rings. The molecule has 1 unspecified atom stereocenters. The van der Waals surface area contributed by atoms with Crippen molar-refractivity contribution in [1.82, 2.24) is 5.32 Å². The van der Waals surface area contributed by atoms with Gasteiger partial charge in [-0.2, -0.15) is 0 Å². The van der Waals surface area contributed by atoms with E-state index >= 15 is 0 Å². The van der Waals surface area contributed by atoms with Crippen LogP contribution in [0.5, 0.6) is 5.75 Å². The quantitative estimate of drug-likeness (QED) is 0.816. The molecule has 1 amide bonds. The predicted octanol–water partition coefficient (Wildman–Crippen LogP) is 3.13. The fourth-order valence-corrected chi connectivity index (χ4v) is 2.46. The standard InChI is InChI=1S/C18H24N2O2.ClH/c1-13(2)9-16(11-19)20-18(21)12-22-17-8-7-14-5-3-4-6-15(14)10-17;/h3-8,10,13,16H,9,11-12,19H2,1-2H3,(H,20,21);1H. The molecule has 0 radical (unpaired) electrons. The molecule has 2 rings (SSSR count). The van der Waals surface area contributed by atoms with Crippen LogP contribution >= 0.6 is 12.4 Å². The molecule has 0 aliphatic heterocycles. The second-order valence-electron chi connectivity index (χ2n) is 5.93. The molecule has 126 valence electrons. The Kier molecular flexibility index (Phi) is 7.86. The molecule has 2 aromatic carbocycles. The second-order valence-corrected chi connectivity index (χ2v) is 5.93. The third kappa shape index (κ3) is 6.08. The van der Waals surface area contributed by atoms with Gasteiger partial charge < -0.3 is 15.8 Å². The summed E-state index contributed by atoms with van der Waals surface area (Å²) in [5, 5.41) is 5.17. The normalized spacial score (nSPS) is 11.8. The first-order valence-electron chi connectivity index (χ1n) is 7.69. The number of hydrogen-bond acceptors (Lipinski definition) is 3. The van der Waals surface area contributed by atoms with Gasteiger partial charge >= 0.3 is 0 Å². The molecule has 2 aromatic rings. The van der Waals surface area contributed by atoms with Crippen LogP contribution in [0.25, 0.3) is 10.8 Å². The first-order valence-corrected chi connectivity index (χ1v) is 7.69. The Balaban J connectivity index is 0.00000264. The maximum absolute atomic E-state index is 11.9. The summed E-state index contributed by atoms with van der Waals surface area (Å²) in [4.78, 5) is 11.9. The minimum Gasteiger partial charge on any atom is -0.484 e. The molecule has 5 heteroatoms. The lowest BCUT2D eigenvalue weighted by atomic mass is 10.0. The van der Waals surface area contributed by atoms with Gasteiger partial charge in [0.2, 0.25) is 0 Å². The molecule has 0 fully saturated rings. The summed E-state index contributed by atoms with van der Waals surface area (Å²) in [7, 11) is 0. The van der Waals surface area contributed by atoms with Crippen LogP contribution < -0.4 is 15.8 Å². The van der Waals surface area contributed by atoms with Crippen LogP contribution in [-0.4, -0.2) is 25.1 Å². The van der Waals surface area contributed by atoms with E-state index in [0.717, 1.165) is 17.2 Å². The van der Waals surface area contributed by atoms with E-state index < -0.39 is 0 Å². The number of nitrogens with one attached hydrogen (secondary N) is 1. The molecule has 1 atom stereocenters. The number of carbonyl (C=O) groups excluding carboxylic acids is 1. The van der Waals surface area contributed by atoms with E-state index in [0.29, 0.717) is 18.2 Å². The van der Waals surface area contributed by atoms with Crippen LogP contribution in [-0.2, 0) is 4.79 Å². The van der Waals surface area contributed by atoms with Crippen molar-refractivity contribution in [2.75, 3.05) is 13.2 Å². The first kappa shape index (κ1) is 19.3. The number of fused-ring (bicyclic) bond motifs is 1. The number of halogens is 1. The van der Waals surface area contributed by atoms with E-state index in [-0.39, 0.29) is 31.0 Å².